The summed E-state index contributed by atoms with van der Waals surface area (Å²) < 4.78 is 10.8. The second-order valence-corrected chi connectivity index (χ2v) is 6.20. The highest BCUT2D eigenvalue weighted by Gasteiger charge is 2.22. The third-order valence-electron chi connectivity index (χ3n) is 4.35. The first-order chi connectivity index (χ1) is 10.3. The van der Waals surface area contributed by atoms with Gasteiger partial charge in [-0.3, -0.25) is 4.90 Å². The number of nitrogens with zero attached hydrogens (tertiary/aromatic N) is 3. The topological polar surface area (TPSA) is 63.4 Å². The van der Waals surface area contributed by atoms with Gasteiger partial charge in [0.05, 0.1) is 12.6 Å². The molecule has 0 bridgehead atoms. The van der Waals surface area contributed by atoms with Gasteiger partial charge in [-0.25, -0.2) is 0 Å². The number of likely N-dealkylation sites (tertiary alicyclic amines) is 1. The number of piperidine rings is 1. The Labute approximate surface area is 126 Å². The molecule has 3 rings (SSSR count). The summed E-state index contributed by atoms with van der Waals surface area (Å²) >= 11 is 0. The average Bonchev–Trinajstić information content (AvgIpc) is 2.92. The van der Waals surface area contributed by atoms with Crippen LogP contribution in [0.5, 0.6) is 0 Å². The molecular formula is C15H26N4O2. The molecule has 1 N–H and O–H groups in total. The molecule has 2 aliphatic heterocycles. The molecule has 118 valence electrons. The van der Waals surface area contributed by atoms with Crippen molar-refractivity contribution in [3.05, 3.63) is 11.7 Å². The van der Waals surface area contributed by atoms with Crippen molar-refractivity contribution in [2.24, 2.45) is 0 Å². The fraction of sp³-hybridized carbons (Fsp3) is 0.867. The van der Waals surface area contributed by atoms with E-state index in [1.54, 1.807) is 0 Å². The SMILES string of the molecule is Cc1nc(CN2CCC[C@H](NC[C@@H]3CCCCO3)C2)no1. The predicted octanol–water partition coefficient (Wildman–Crippen LogP) is 1.50. The maximum atomic E-state index is 5.79. The highest BCUT2D eigenvalue weighted by Crippen LogP contribution is 2.15. The molecule has 6 heteroatoms. The zero-order valence-electron chi connectivity index (χ0n) is 12.9. The van der Waals surface area contributed by atoms with Gasteiger partial charge in [-0.2, -0.15) is 4.98 Å². The summed E-state index contributed by atoms with van der Waals surface area (Å²) in [5.41, 5.74) is 0. The van der Waals surface area contributed by atoms with Gasteiger partial charge in [0.2, 0.25) is 5.89 Å². The van der Waals surface area contributed by atoms with Gasteiger partial charge >= 0.3 is 0 Å². The van der Waals surface area contributed by atoms with Crippen molar-refractivity contribution in [2.45, 2.75) is 57.7 Å². The second kappa shape index (κ2) is 7.33. The number of rotatable bonds is 5. The van der Waals surface area contributed by atoms with Crippen LogP contribution in [0.2, 0.25) is 0 Å². The van der Waals surface area contributed by atoms with Crippen LogP contribution in [0, 0.1) is 6.92 Å². The van der Waals surface area contributed by atoms with Gasteiger partial charge in [0.1, 0.15) is 0 Å². The molecule has 6 nitrogen and oxygen atoms in total. The molecule has 0 saturated carbocycles. The third kappa shape index (κ3) is 4.49. The van der Waals surface area contributed by atoms with Crippen LogP contribution in [0.1, 0.15) is 43.8 Å². The zero-order chi connectivity index (χ0) is 14.5. The summed E-state index contributed by atoms with van der Waals surface area (Å²) in [6.45, 7) is 6.71. The summed E-state index contributed by atoms with van der Waals surface area (Å²) in [5.74, 6) is 1.44. The van der Waals surface area contributed by atoms with E-state index in [0.29, 0.717) is 18.0 Å². The van der Waals surface area contributed by atoms with Crippen LogP contribution in [-0.4, -0.2) is 53.4 Å². The Morgan fingerprint density at radius 1 is 1.29 bits per heavy atom. The van der Waals surface area contributed by atoms with Crippen LogP contribution in [-0.2, 0) is 11.3 Å². The molecule has 21 heavy (non-hydrogen) atoms. The first-order valence-electron chi connectivity index (χ1n) is 8.16. The van der Waals surface area contributed by atoms with Crippen molar-refractivity contribution in [3.63, 3.8) is 0 Å². The predicted molar refractivity (Wildman–Crippen MR) is 78.9 cm³/mol. The van der Waals surface area contributed by atoms with Gasteiger partial charge in [-0.05, 0) is 38.6 Å². The van der Waals surface area contributed by atoms with Gasteiger partial charge in [0, 0.05) is 32.7 Å². The van der Waals surface area contributed by atoms with Gasteiger partial charge in [0.15, 0.2) is 5.82 Å². The fourth-order valence-corrected chi connectivity index (χ4v) is 3.24. The van der Waals surface area contributed by atoms with E-state index in [2.05, 4.69) is 20.4 Å². The van der Waals surface area contributed by atoms with Gasteiger partial charge in [0.25, 0.3) is 0 Å². The molecule has 0 spiro atoms. The maximum absolute atomic E-state index is 5.79. The van der Waals surface area contributed by atoms with Crippen LogP contribution >= 0.6 is 0 Å². The van der Waals surface area contributed by atoms with E-state index >= 15 is 0 Å². The lowest BCUT2D eigenvalue weighted by atomic mass is 10.0. The van der Waals surface area contributed by atoms with Gasteiger partial charge in [-0.1, -0.05) is 5.16 Å². The van der Waals surface area contributed by atoms with Crippen molar-refractivity contribution >= 4 is 0 Å². The number of aromatic nitrogens is 2. The Hall–Kier alpha value is -0.980. The summed E-state index contributed by atoms with van der Waals surface area (Å²) in [7, 11) is 0. The first-order valence-corrected chi connectivity index (χ1v) is 8.16. The fourth-order valence-electron chi connectivity index (χ4n) is 3.24. The minimum absolute atomic E-state index is 0.411. The van der Waals surface area contributed by atoms with E-state index in [1.807, 2.05) is 6.92 Å². The van der Waals surface area contributed by atoms with E-state index in [9.17, 15) is 0 Å². The highest BCUT2D eigenvalue weighted by molar-refractivity contribution is 4.87. The largest absolute Gasteiger partial charge is 0.377 e. The molecular weight excluding hydrogens is 268 g/mol. The average molecular weight is 294 g/mol. The molecule has 2 saturated heterocycles. The van der Waals surface area contributed by atoms with Crippen LogP contribution in [0.3, 0.4) is 0 Å². The van der Waals surface area contributed by atoms with Crippen molar-refractivity contribution < 1.29 is 9.26 Å². The molecule has 2 fully saturated rings. The Bertz CT molecular complexity index is 431. The van der Waals surface area contributed by atoms with E-state index in [1.165, 1.54) is 32.1 Å². The standard InChI is InChI=1S/C15H26N4O2/c1-12-17-15(18-21-12)11-19-7-4-5-13(10-19)16-9-14-6-2-3-8-20-14/h13-14,16H,2-11H2,1H3/t13-,14-/m0/s1. The molecule has 3 heterocycles. The van der Waals surface area contributed by atoms with Crippen LogP contribution < -0.4 is 5.32 Å². The monoisotopic (exact) mass is 294 g/mol. The summed E-state index contributed by atoms with van der Waals surface area (Å²) in [5, 5.41) is 7.67. The molecule has 0 unspecified atom stereocenters. The quantitative estimate of drug-likeness (QED) is 0.888. The molecule has 0 amide bonds. The Morgan fingerprint density at radius 3 is 3.00 bits per heavy atom. The van der Waals surface area contributed by atoms with Crippen LogP contribution in [0.15, 0.2) is 4.52 Å². The number of nitrogens with one attached hydrogen (secondary N) is 1. The lowest BCUT2D eigenvalue weighted by Crippen LogP contribution is -2.47. The summed E-state index contributed by atoms with van der Waals surface area (Å²) in [6.07, 6.45) is 6.60. The lowest BCUT2D eigenvalue weighted by Gasteiger charge is -2.33. The first kappa shape index (κ1) is 14.9. The van der Waals surface area contributed by atoms with E-state index < -0.39 is 0 Å². The Morgan fingerprint density at radius 2 is 2.24 bits per heavy atom. The number of hydrogen-bond acceptors (Lipinski definition) is 6. The smallest absolute Gasteiger partial charge is 0.223 e. The van der Waals surface area contributed by atoms with Crippen molar-refractivity contribution in [1.29, 1.82) is 0 Å². The van der Waals surface area contributed by atoms with Crippen molar-refractivity contribution in [3.8, 4) is 0 Å². The molecule has 2 aliphatic rings. The van der Waals surface area contributed by atoms with Crippen molar-refractivity contribution in [1.82, 2.24) is 20.4 Å². The normalized spacial score (nSPS) is 27.9. The molecule has 1 aromatic rings. The molecule has 0 aromatic carbocycles. The number of ether oxygens (including phenoxy) is 1. The lowest BCUT2D eigenvalue weighted by molar-refractivity contribution is 0.0134. The van der Waals surface area contributed by atoms with Crippen molar-refractivity contribution in [2.75, 3.05) is 26.2 Å². The third-order valence-corrected chi connectivity index (χ3v) is 4.35. The Balaban J connectivity index is 1.42. The molecule has 0 radical (unpaired) electrons. The molecule has 2 atom stereocenters. The van der Waals surface area contributed by atoms with E-state index in [4.69, 9.17) is 9.26 Å². The van der Waals surface area contributed by atoms with E-state index in [-0.39, 0.29) is 0 Å². The van der Waals surface area contributed by atoms with Crippen LogP contribution in [0.25, 0.3) is 0 Å². The number of hydrogen-bond donors (Lipinski definition) is 1. The maximum Gasteiger partial charge on any atom is 0.223 e. The van der Waals surface area contributed by atoms with Crippen LogP contribution in [0.4, 0.5) is 0 Å². The minimum atomic E-state index is 0.411. The summed E-state index contributed by atoms with van der Waals surface area (Å²) in [6, 6.07) is 0.553. The van der Waals surface area contributed by atoms with E-state index in [0.717, 1.165) is 38.6 Å². The zero-order valence-corrected chi connectivity index (χ0v) is 12.9. The molecule has 1 aromatic heterocycles. The Kier molecular flexibility index (Phi) is 5.22. The van der Waals surface area contributed by atoms with Gasteiger partial charge in [-0.15, -0.1) is 0 Å². The van der Waals surface area contributed by atoms with Gasteiger partial charge < -0.3 is 14.6 Å². The second-order valence-electron chi connectivity index (χ2n) is 6.20. The molecule has 0 aliphatic carbocycles. The summed E-state index contributed by atoms with van der Waals surface area (Å²) in [4.78, 5) is 6.70. The minimum Gasteiger partial charge on any atom is -0.377 e. The number of aryl methyl sites for hydroxylation is 1. The highest BCUT2D eigenvalue weighted by atomic mass is 16.5.